The summed E-state index contributed by atoms with van der Waals surface area (Å²) >= 11 is 0. The van der Waals surface area contributed by atoms with Crippen molar-refractivity contribution in [1.29, 1.82) is 0 Å². The van der Waals surface area contributed by atoms with Gasteiger partial charge in [0.2, 0.25) is 0 Å². The monoisotopic (exact) mass is 366 g/mol. The highest BCUT2D eigenvalue weighted by Crippen LogP contribution is 2.27. The van der Waals surface area contributed by atoms with Gasteiger partial charge in [-0.2, -0.15) is 0 Å². The Bertz CT molecular complexity index is 803. The average Bonchev–Trinajstić information content (AvgIpc) is 3.25. The van der Waals surface area contributed by atoms with Crippen molar-refractivity contribution in [2.24, 2.45) is 0 Å². The second kappa shape index (κ2) is 8.37. The van der Waals surface area contributed by atoms with Crippen molar-refractivity contribution in [3.05, 3.63) is 47.4 Å². The predicted molar refractivity (Wildman–Crippen MR) is 104 cm³/mol. The van der Waals surface area contributed by atoms with Crippen molar-refractivity contribution >= 4 is 11.7 Å². The third-order valence-corrected chi connectivity index (χ3v) is 5.30. The molecular weight excluding hydrogens is 340 g/mol. The third-order valence-electron chi connectivity index (χ3n) is 5.30. The fraction of sp³-hybridized carbons (Fsp3) is 0.476. The molecule has 0 bridgehead atoms. The van der Waals surface area contributed by atoms with Crippen molar-refractivity contribution < 1.29 is 9.53 Å². The van der Waals surface area contributed by atoms with Crippen LogP contribution in [0.2, 0.25) is 0 Å². The Morgan fingerprint density at radius 2 is 1.93 bits per heavy atom. The van der Waals surface area contributed by atoms with Gasteiger partial charge in [0.05, 0.1) is 0 Å². The number of aromatic nitrogens is 2. The lowest BCUT2D eigenvalue weighted by Gasteiger charge is -2.20. The minimum absolute atomic E-state index is 0.0236. The van der Waals surface area contributed by atoms with Gasteiger partial charge in [-0.3, -0.25) is 9.78 Å². The molecule has 1 aliphatic heterocycles. The summed E-state index contributed by atoms with van der Waals surface area (Å²) in [4.78, 5) is 23.6. The molecule has 142 valence electrons. The van der Waals surface area contributed by atoms with Crippen LogP contribution in [-0.4, -0.2) is 35.6 Å². The lowest BCUT2D eigenvalue weighted by atomic mass is 9.95. The van der Waals surface area contributed by atoms with Gasteiger partial charge in [-0.05, 0) is 50.7 Å². The van der Waals surface area contributed by atoms with Gasteiger partial charge in [0.1, 0.15) is 11.6 Å². The first-order chi connectivity index (χ1) is 13.3. The second-order valence-electron chi connectivity index (χ2n) is 7.19. The van der Waals surface area contributed by atoms with E-state index in [1.165, 1.54) is 24.8 Å². The second-order valence-corrected chi connectivity index (χ2v) is 7.19. The number of amides is 1. The van der Waals surface area contributed by atoms with Crippen LogP contribution in [0.1, 0.15) is 42.5 Å². The minimum atomic E-state index is -0.118. The van der Waals surface area contributed by atoms with Gasteiger partial charge in [0, 0.05) is 48.8 Å². The molecule has 0 unspecified atom stereocenters. The zero-order chi connectivity index (χ0) is 18.5. The molecule has 2 aromatic rings. The van der Waals surface area contributed by atoms with Crippen LogP contribution in [0.15, 0.2) is 30.6 Å². The van der Waals surface area contributed by atoms with E-state index in [-0.39, 0.29) is 12.5 Å². The van der Waals surface area contributed by atoms with Crippen LogP contribution in [0, 0.1) is 0 Å². The normalized spacial score (nSPS) is 16.1. The van der Waals surface area contributed by atoms with Crippen molar-refractivity contribution in [1.82, 2.24) is 15.3 Å². The smallest absolute Gasteiger partial charge is 0.258 e. The van der Waals surface area contributed by atoms with Crippen molar-refractivity contribution in [2.75, 3.05) is 24.6 Å². The number of fused-ring (bicyclic) bond motifs is 1. The summed E-state index contributed by atoms with van der Waals surface area (Å²) in [6.07, 6.45) is 10.3. The lowest BCUT2D eigenvalue weighted by molar-refractivity contribution is -0.123. The molecule has 27 heavy (non-hydrogen) atoms. The van der Waals surface area contributed by atoms with Gasteiger partial charge in [0.15, 0.2) is 6.61 Å². The average molecular weight is 366 g/mol. The first-order valence-electron chi connectivity index (χ1n) is 9.86. The minimum Gasteiger partial charge on any atom is -0.483 e. The fourth-order valence-corrected chi connectivity index (χ4v) is 3.90. The molecule has 0 saturated carbocycles. The molecule has 6 nitrogen and oxygen atoms in total. The first kappa shape index (κ1) is 17.8. The number of carbonyl (C=O) groups excluding carboxylic acids is 1. The van der Waals surface area contributed by atoms with Crippen molar-refractivity contribution in [3.63, 3.8) is 0 Å². The molecular formula is C21H26N4O2. The van der Waals surface area contributed by atoms with E-state index in [2.05, 4.69) is 20.2 Å². The zero-order valence-corrected chi connectivity index (χ0v) is 15.6. The Morgan fingerprint density at radius 3 is 2.81 bits per heavy atom. The van der Waals surface area contributed by atoms with E-state index in [0.717, 1.165) is 55.2 Å². The number of anilines is 1. The summed E-state index contributed by atoms with van der Waals surface area (Å²) in [6, 6.07) is 5.81. The Kier molecular flexibility index (Phi) is 5.51. The zero-order valence-electron chi connectivity index (χ0n) is 15.6. The van der Waals surface area contributed by atoms with Crippen LogP contribution in [0.25, 0.3) is 0 Å². The molecule has 0 atom stereocenters. The fourth-order valence-electron chi connectivity index (χ4n) is 3.90. The number of nitrogens with one attached hydrogen (secondary N) is 1. The van der Waals surface area contributed by atoms with Gasteiger partial charge in [-0.1, -0.05) is 6.07 Å². The van der Waals surface area contributed by atoms with E-state index in [1.54, 1.807) is 6.20 Å². The van der Waals surface area contributed by atoms with Crippen LogP contribution in [0.5, 0.6) is 5.75 Å². The van der Waals surface area contributed by atoms with Crippen LogP contribution < -0.4 is 15.0 Å². The number of aryl methyl sites for hydroxylation is 1. The molecule has 1 N–H and O–H groups in total. The molecule has 0 spiro atoms. The lowest BCUT2D eigenvalue weighted by Crippen LogP contribution is -2.30. The molecule has 3 heterocycles. The SMILES string of the molecule is O=C(COc1ccnc2c1CCCC2)NCc1cccnc1N1CCCC1. The molecule has 4 rings (SSSR count). The third kappa shape index (κ3) is 4.21. The molecule has 2 aromatic heterocycles. The van der Waals surface area contributed by atoms with Gasteiger partial charge < -0.3 is 15.0 Å². The van der Waals surface area contributed by atoms with Crippen molar-refractivity contribution in [2.45, 2.75) is 45.1 Å². The van der Waals surface area contributed by atoms with Gasteiger partial charge >= 0.3 is 0 Å². The Morgan fingerprint density at radius 1 is 1.07 bits per heavy atom. The van der Waals surface area contributed by atoms with E-state index in [1.807, 2.05) is 24.4 Å². The standard InChI is InChI=1S/C21H26N4O2/c26-20(15-27-19-9-11-22-18-8-2-1-7-17(18)19)24-14-16-6-5-10-23-21(16)25-12-3-4-13-25/h5-6,9-11H,1-4,7-8,12-15H2,(H,24,26). The van der Waals surface area contributed by atoms with Crippen molar-refractivity contribution in [3.8, 4) is 5.75 Å². The molecule has 1 aliphatic carbocycles. The highest BCUT2D eigenvalue weighted by Gasteiger charge is 2.18. The molecule has 0 radical (unpaired) electrons. The number of carbonyl (C=O) groups is 1. The van der Waals surface area contributed by atoms with Crippen LogP contribution in [0.4, 0.5) is 5.82 Å². The molecule has 1 amide bonds. The number of hydrogen-bond acceptors (Lipinski definition) is 5. The summed E-state index contributed by atoms with van der Waals surface area (Å²) in [5.41, 5.74) is 3.33. The maximum absolute atomic E-state index is 12.3. The maximum atomic E-state index is 12.3. The first-order valence-corrected chi connectivity index (χ1v) is 9.86. The Labute approximate surface area is 160 Å². The topological polar surface area (TPSA) is 67.3 Å². The van der Waals surface area contributed by atoms with Crippen LogP contribution in [0.3, 0.4) is 0 Å². The van der Waals surface area contributed by atoms with Gasteiger partial charge in [-0.15, -0.1) is 0 Å². The summed E-state index contributed by atoms with van der Waals surface area (Å²) < 4.78 is 5.81. The molecule has 1 fully saturated rings. The van der Waals surface area contributed by atoms with E-state index in [9.17, 15) is 4.79 Å². The molecule has 2 aliphatic rings. The summed E-state index contributed by atoms with van der Waals surface area (Å²) in [5.74, 6) is 1.67. The predicted octanol–water partition coefficient (Wildman–Crippen LogP) is 2.65. The molecule has 1 saturated heterocycles. The van der Waals surface area contributed by atoms with Crippen LogP contribution in [-0.2, 0) is 24.2 Å². The van der Waals surface area contributed by atoms with Crippen LogP contribution >= 0.6 is 0 Å². The Hall–Kier alpha value is -2.63. The summed E-state index contributed by atoms with van der Waals surface area (Å²) in [5, 5.41) is 2.97. The molecule has 6 heteroatoms. The number of rotatable bonds is 6. The maximum Gasteiger partial charge on any atom is 0.258 e. The number of hydrogen-bond donors (Lipinski definition) is 1. The number of nitrogens with zero attached hydrogens (tertiary/aromatic N) is 3. The van der Waals surface area contributed by atoms with E-state index in [4.69, 9.17) is 4.74 Å². The Balaban J connectivity index is 1.33. The number of ether oxygens (including phenoxy) is 1. The molecule has 0 aromatic carbocycles. The van der Waals surface area contributed by atoms with E-state index < -0.39 is 0 Å². The summed E-state index contributed by atoms with van der Waals surface area (Å²) in [6.45, 7) is 2.56. The van der Waals surface area contributed by atoms with E-state index in [0.29, 0.717) is 6.54 Å². The highest BCUT2D eigenvalue weighted by atomic mass is 16.5. The number of pyridine rings is 2. The summed E-state index contributed by atoms with van der Waals surface area (Å²) in [7, 11) is 0. The van der Waals surface area contributed by atoms with Gasteiger partial charge in [-0.25, -0.2) is 4.98 Å². The van der Waals surface area contributed by atoms with Gasteiger partial charge in [0.25, 0.3) is 5.91 Å². The van der Waals surface area contributed by atoms with E-state index >= 15 is 0 Å². The largest absolute Gasteiger partial charge is 0.483 e. The highest BCUT2D eigenvalue weighted by molar-refractivity contribution is 5.77. The quantitative estimate of drug-likeness (QED) is 0.851.